The summed E-state index contributed by atoms with van der Waals surface area (Å²) in [5.41, 5.74) is 3.32. The molecule has 3 aliphatic heterocycles. The van der Waals surface area contributed by atoms with Crippen molar-refractivity contribution < 1.29 is 19.4 Å². The molecular weight excluding hydrogens is 370 g/mol. The fraction of sp³-hybridized carbons (Fsp3) is 0.882. The molecule has 0 saturated carbocycles. The largest absolute Gasteiger partial charge is 0.447 e. The quantitative estimate of drug-likeness (QED) is 0.399. The highest BCUT2D eigenvalue weighted by Crippen LogP contribution is 2.37. The van der Waals surface area contributed by atoms with E-state index in [9.17, 15) is 14.7 Å². The first kappa shape index (κ1) is 20.8. The van der Waals surface area contributed by atoms with Crippen LogP contribution in [0, 0.1) is 11.8 Å². The van der Waals surface area contributed by atoms with Crippen molar-refractivity contribution in [3.05, 3.63) is 0 Å². The number of rotatable bonds is 5. The number of nitrogens with zero attached hydrogens (tertiary/aromatic N) is 1. The van der Waals surface area contributed by atoms with Gasteiger partial charge in [-0.3, -0.25) is 20.9 Å². The Balaban J connectivity index is 1.54. The van der Waals surface area contributed by atoms with E-state index in [1.165, 1.54) is 0 Å². The number of carbonyl (C=O) groups excluding carboxylic acids is 2. The van der Waals surface area contributed by atoms with E-state index in [0.29, 0.717) is 12.6 Å². The van der Waals surface area contributed by atoms with E-state index in [2.05, 4.69) is 26.4 Å². The molecule has 3 saturated heterocycles. The minimum atomic E-state index is -0.735. The zero-order valence-corrected chi connectivity index (χ0v) is 16.9. The molecule has 3 rings (SSSR count). The highest BCUT2D eigenvalue weighted by atomic mass is 32.2. The van der Waals surface area contributed by atoms with Gasteiger partial charge in [-0.05, 0) is 26.7 Å². The van der Waals surface area contributed by atoms with Crippen molar-refractivity contribution in [1.82, 2.24) is 26.4 Å². The Kier molecular flexibility index (Phi) is 6.98. The SMILES string of the molecule is CC(C)OC(=O)NC(=O)C1CC(C)SC1NC(O)C1CNC2CCNN2C1. The number of imide groups is 1. The number of aliphatic hydroxyl groups excluding tert-OH is 1. The molecule has 0 aromatic carbocycles. The Bertz CT molecular complexity index is 551. The number of aliphatic hydroxyl groups is 1. The van der Waals surface area contributed by atoms with Crippen molar-refractivity contribution in [1.29, 1.82) is 0 Å². The van der Waals surface area contributed by atoms with Gasteiger partial charge in [-0.2, -0.15) is 0 Å². The molecule has 5 N–H and O–H groups in total. The Morgan fingerprint density at radius 3 is 2.89 bits per heavy atom. The minimum Gasteiger partial charge on any atom is -0.447 e. The average Bonchev–Trinajstić information content (AvgIpc) is 3.19. The van der Waals surface area contributed by atoms with Crippen molar-refractivity contribution in [2.45, 2.75) is 62.7 Å². The smallest absolute Gasteiger partial charge is 0.414 e. The lowest BCUT2D eigenvalue weighted by molar-refractivity contribution is -0.124. The van der Waals surface area contributed by atoms with Gasteiger partial charge in [0.15, 0.2) is 0 Å². The Labute approximate surface area is 164 Å². The van der Waals surface area contributed by atoms with Gasteiger partial charge in [0.25, 0.3) is 0 Å². The van der Waals surface area contributed by atoms with Crippen LogP contribution in [0.5, 0.6) is 0 Å². The molecule has 0 aliphatic carbocycles. The van der Waals surface area contributed by atoms with Gasteiger partial charge in [-0.1, -0.05) is 6.92 Å². The van der Waals surface area contributed by atoms with Crippen LogP contribution in [0.3, 0.4) is 0 Å². The van der Waals surface area contributed by atoms with E-state index in [0.717, 1.165) is 26.1 Å². The second kappa shape index (κ2) is 9.06. The second-order valence-corrected chi connectivity index (χ2v) is 9.38. The summed E-state index contributed by atoms with van der Waals surface area (Å²) in [7, 11) is 0. The van der Waals surface area contributed by atoms with Crippen molar-refractivity contribution in [3.63, 3.8) is 0 Å². The molecule has 10 heteroatoms. The third-order valence-electron chi connectivity index (χ3n) is 5.17. The van der Waals surface area contributed by atoms with E-state index in [1.807, 2.05) is 6.92 Å². The highest BCUT2D eigenvalue weighted by Gasteiger charge is 2.41. The van der Waals surface area contributed by atoms with Gasteiger partial charge in [0.2, 0.25) is 5.91 Å². The molecule has 0 spiro atoms. The summed E-state index contributed by atoms with van der Waals surface area (Å²) < 4.78 is 4.99. The molecule has 154 valence electrons. The minimum absolute atomic E-state index is 0.0120. The molecule has 0 bridgehead atoms. The third-order valence-corrected chi connectivity index (χ3v) is 6.59. The fourth-order valence-electron chi connectivity index (χ4n) is 3.85. The van der Waals surface area contributed by atoms with Crippen LogP contribution in [0.1, 0.15) is 33.6 Å². The molecule has 3 heterocycles. The lowest BCUT2D eigenvalue weighted by Gasteiger charge is -2.38. The summed E-state index contributed by atoms with van der Waals surface area (Å²) in [6.07, 6.45) is 0.297. The van der Waals surface area contributed by atoms with Gasteiger partial charge >= 0.3 is 6.09 Å². The van der Waals surface area contributed by atoms with Gasteiger partial charge in [-0.25, -0.2) is 9.80 Å². The molecule has 0 aromatic rings. The number of thioether (sulfide) groups is 1. The number of alkyl carbamates (subject to hydrolysis) is 1. The standard InChI is InChI=1S/C17H31N5O4S/c1-9(2)26-17(25)21-15(24)12-6-10(3)27-16(12)20-14(23)11-7-18-13-4-5-19-22(13)8-11/h9-14,16,18-20,23H,4-8H2,1-3H3,(H,21,24,25). The van der Waals surface area contributed by atoms with Crippen molar-refractivity contribution >= 4 is 23.8 Å². The van der Waals surface area contributed by atoms with Crippen LogP contribution in [0.2, 0.25) is 0 Å². The van der Waals surface area contributed by atoms with E-state index in [-0.39, 0.29) is 28.6 Å². The molecule has 0 aromatic heterocycles. The van der Waals surface area contributed by atoms with Crippen LogP contribution >= 0.6 is 11.8 Å². The maximum absolute atomic E-state index is 12.5. The molecule has 2 amide bonds. The molecule has 6 atom stereocenters. The van der Waals surface area contributed by atoms with Crippen LogP contribution in [0.15, 0.2) is 0 Å². The fourth-order valence-corrected chi connectivity index (χ4v) is 5.32. The predicted octanol–water partition coefficient (Wildman–Crippen LogP) is -0.221. The topological polar surface area (TPSA) is 115 Å². The second-order valence-electron chi connectivity index (χ2n) is 7.80. The predicted molar refractivity (Wildman–Crippen MR) is 102 cm³/mol. The van der Waals surface area contributed by atoms with E-state index < -0.39 is 18.2 Å². The number of carbonyl (C=O) groups is 2. The monoisotopic (exact) mass is 401 g/mol. The summed E-state index contributed by atoms with van der Waals surface area (Å²) in [5, 5.41) is 21.8. The number of ether oxygens (including phenoxy) is 1. The summed E-state index contributed by atoms with van der Waals surface area (Å²) >= 11 is 1.62. The van der Waals surface area contributed by atoms with Crippen molar-refractivity contribution in [2.75, 3.05) is 19.6 Å². The first-order chi connectivity index (χ1) is 12.8. The van der Waals surface area contributed by atoms with Gasteiger partial charge in [0, 0.05) is 30.8 Å². The lowest BCUT2D eigenvalue weighted by atomic mass is 10.0. The Morgan fingerprint density at radius 2 is 2.15 bits per heavy atom. The third kappa shape index (κ3) is 5.33. The van der Waals surface area contributed by atoms with E-state index in [1.54, 1.807) is 25.6 Å². The number of hydrogen-bond donors (Lipinski definition) is 5. The maximum Gasteiger partial charge on any atom is 0.414 e. The number of hydrazine groups is 1. The number of amides is 2. The van der Waals surface area contributed by atoms with Crippen molar-refractivity contribution in [2.24, 2.45) is 11.8 Å². The van der Waals surface area contributed by atoms with E-state index in [4.69, 9.17) is 4.74 Å². The van der Waals surface area contributed by atoms with Crippen LogP contribution < -0.4 is 21.4 Å². The zero-order valence-electron chi connectivity index (χ0n) is 16.1. The van der Waals surface area contributed by atoms with Gasteiger partial charge in [0.1, 0.15) is 6.23 Å². The van der Waals surface area contributed by atoms with Crippen LogP contribution in [0.4, 0.5) is 4.79 Å². The average molecular weight is 402 g/mol. The summed E-state index contributed by atoms with van der Waals surface area (Å²) in [6, 6.07) is 0. The Hall–Kier alpha value is -0.910. The van der Waals surface area contributed by atoms with E-state index >= 15 is 0 Å². The molecule has 3 aliphatic rings. The maximum atomic E-state index is 12.5. The summed E-state index contributed by atoms with van der Waals surface area (Å²) in [5.74, 6) is -0.739. The molecule has 27 heavy (non-hydrogen) atoms. The molecule has 3 fully saturated rings. The molecule has 9 nitrogen and oxygen atoms in total. The molecular formula is C17H31N5O4S. The first-order valence-corrected chi connectivity index (χ1v) is 10.6. The van der Waals surface area contributed by atoms with Crippen LogP contribution in [-0.2, 0) is 9.53 Å². The summed E-state index contributed by atoms with van der Waals surface area (Å²) in [6.45, 7) is 7.93. The first-order valence-electron chi connectivity index (χ1n) is 9.68. The van der Waals surface area contributed by atoms with Gasteiger partial charge in [0.05, 0.1) is 23.6 Å². The number of hydrogen-bond acceptors (Lipinski definition) is 9. The van der Waals surface area contributed by atoms with Gasteiger partial charge < -0.3 is 15.2 Å². The number of nitrogens with one attached hydrogen (secondary N) is 4. The van der Waals surface area contributed by atoms with Crippen molar-refractivity contribution in [3.8, 4) is 0 Å². The summed E-state index contributed by atoms with van der Waals surface area (Å²) in [4.78, 5) is 24.3. The van der Waals surface area contributed by atoms with Gasteiger partial charge in [-0.15, -0.1) is 11.8 Å². The highest BCUT2D eigenvalue weighted by molar-refractivity contribution is 8.00. The Morgan fingerprint density at radius 1 is 1.37 bits per heavy atom. The van der Waals surface area contributed by atoms with Crippen LogP contribution in [-0.4, -0.2) is 70.9 Å². The molecule has 0 radical (unpaired) electrons. The molecule has 6 unspecified atom stereocenters. The zero-order chi connectivity index (χ0) is 19.6. The lowest BCUT2D eigenvalue weighted by Crippen LogP contribution is -2.60. The van der Waals surface area contributed by atoms with Crippen LogP contribution in [0.25, 0.3) is 0 Å². The normalized spacial score (nSPS) is 35.1. The number of fused-ring (bicyclic) bond motifs is 1.